The Hall–Kier alpha value is -0.480. The first-order valence-corrected chi connectivity index (χ1v) is 6.98. The monoisotopic (exact) mass is 240 g/mol. The molecule has 1 heterocycles. The minimum Gasteiger partial charge on any atom is -0.440 e. The first-order chi connectivity index (χ1) is 7.78. The molecule has 1 aromatic rings. The Balaban J connectivity index is 1.85. The van der Waals surface area contributed by atoms with E-state index in [2.05, 4.69) is 17.2 Å². The van der Waals surface area contributed by atoms with Crippen LogP contribution in [0.15, 0.2) is 15.9 Å². The fourth-order valence-corrected chi connectivity index (χ4v) is 3.45. The van der Waals surface area contributed by atoms with Gasteiger partial charge in [0.25, 0.3) is 5.22 Å². The third kappa shape index (κ3) is 3.25. The summed E-state index contributed by atoms with van der Waals surface area (Å²) in [5.74, 6) is 0. The van der Waals surface area contributed by atoms with Crippen molar-refractivity contribution in [2.24, 2.45) is 0 Å². The van der Waals surface area contributed by atoms with Gasteiger partial charge in [0.2, 0.25) is 0 Å². The lowest BCUT2D eigenvalue weighted by molar-refractivity contribution is 0.384. The van der Waals surface area contributed by atoms with Crippen LogP contribution in [0.2, 0.25) is 0 Å². The molecule has 1 aliphatic rings. The van der Waals surface area contributed by atoms with Crippen molar-refractivity contribution in [1.29, 1.82) is 0 Å². The number of thioether (sulfide) groups is 1. The summed E-state index contributed by atoms with van der Waals surface area (Å²) in [5, 5.41) is 5.04. The van der Waals surface area contributed by atoms with E-state index in [0.29, 0.717) is 11.3 Å². The summed E-state index contributed by atoms with van der Waals surface area (Å²) >= 11 is 1.80. The number of aromatic nitrogens is 1. The van der Waals surface area contributed by atoms with Crippen molar-refractivity contribution in [3.8, 4) is 0 Å². The molecule has 0 amide bonds. The van der Waals surface area contributed by atoms with E-state index in [4.69, 9.17) is 4.42 Å². The zero-order chi connectivity index (χ0) is 11.4. The second-order valence-corrected chi connectivity index (χ2v) is 5.67. The molecule has 16 heavy (non-hydrogen) atoms. The molecule has 90 valence electrons. The first kappa shape index (κ1) is 12.0. The minimum atomic E-state index is 0.663. The fourth-order valence-electron chi connectivity index (χ4n) is 2.26. The molecule has 2 atom stereocenters. The van der Waals surface area contributed by atoms with Crippen molar-refractivity contribution in [3.63, 3.8) is 0 Å². The van der Waals surface area contributed by atoms with Crippen LogP contribution in [0.25, 0.3) is 0 Å². The van der Waals surface area contributed by atoms with Crippen LogP contribution >= 0.6 is 11.8 Å². The number of aryl methyl sites for hydroxylation is 1. The lowest BCUT2D eigenvalue weighted by Crippen LogP contribution is -2.34. The highest BCUT2D eigenvalue weighted by Crippen LogP contribution is 2.33. The number of hydrogen-bond donors (Lipinski definition) is 1. The summed E-state index contributed by atoms with van der Waals surface area (Å²) in [4.78, 5) is 4.35. The van der Waals surface area contributed by atoms with Gasteiger partial charge in [0.05, 0.1) is 5.69 Å². The maximum absolute atomic E-state index is 5.39. The Morgan fingerprint density at radius 3 is 3.12 bits per heavy atom. The summed E-state index contributed by atoms with van der Waals surface area (Å²) in [6, 6.07) is 0.687. The fraction of sp³-hybridized carbons (Fsp3) is 0.750. The highest BCUT2D eigenvalue weighted by molar-refractivity contribution is 7.99. The van der Waals surface area contributed by atoms with Crippen LogP contribution in [-0.4, -0.2) is 22.8 Å². The Labute approximate surface area is 101 Å². The summed E-state index contributed by atoms with van der Waals surface area (Å²) < 4.78 is 5.39. The van der Waals surface area contributed by atoms with Crippen molar-refractivity contribution in [2.75, 3.05) is 6.54 Å². The van der Waals surface area contributed by atoms with E-state index in [1.165, 1.54) is 25.7 Å². The zero-order valence-electron chi connectivity index (χ0n) is 10.0. The van der Waals surface area contributed by atoms with Crippen LogP contribution in [0.3, 0.4) is 0 Å². The zero-order valence-corrected chi connectivity index (χ0v) is 10.8. The van der Waals surface area contributed by atoms with E-state index in [-0.39, 0.29) is 0 Å². The molecule has 0 aliphatic heterocycles. The van der Waals surface area contributed by atoms with Crippen LogP contribution in [0.4, 0.5) is 0 Å². The summed E-state index contributed by atoms with van der Waals surface area (Å²) in [7, 11) is 0. The Kier molecular flexibility index (Phi) is 4.29. The Bertz CT molecular complexity index is 325. The quantitative estimate of drug-likeness (QED) is 0.878. The predicted octanol–water partition coefficient (Wildman–Crippen LogP) is 3.00. The van der Waals surface area contributed by atoms with Gasteiger partial charge in [-0.05, 0) is 32.7 Å². The highest BCUT2D eigenvalue weighted by Gasteiger charge is 2.23. The standard InChI is InChI=1S/C12H20N2OS/c1-3-13-10-5-4-6-11(7-10)16-12-14-9(2)8-15-12/h8,10-11,13H,3-7H2,1-2H3. The molecule has 0 spiro atoms. The molecule has 2 unspecified atom stereocenters. The van der Waals surface area contributed by atoms with E-state index >= 15 is 0 Å². The van der Waals surface area contributed by atoms with Crippen molar-refractivity contribution >= 4 is 11.8 Å². The van der Waals surface area contributed by atoms with Gasteiger partial charge in [-0.15, -0.1) is 0 Å². The van der Waals surface area contributed by atoms with Gasteiger partial charge in [-0.25, -0.2) is 4.98 Å². The number of rotatable bonds is 4. The molecule has 0 radical (unpaired) electrons. The maximum Gasteiger partial charge on any atom is 0.256 e. The molecular formula is C12H20N2OS. The van der Waals surface area contributed by atoms with Gasteiger partial charge in [0.1, 0.15) is 6.26 Å². The Morgan fingerprint density at radius 2 is 2.44 bits per heavy atom. The van der Waals surface area contributed by atoms with Crippen molar-refractivity contribution in [2.45, 2.75) is 56.0 Å². The van der Waals surface area contributed by atoms with E-state index in [1.807, 2.05) is 6.92 Å². The van der Waals surface area contributed by atoms with Gasteiger partial charge in [-0.2, -0.15) is 0 Å². The average Bonchev–Trinajstić information content (AvgIpc) is 2.65. The molecule has 0 saturated heterocycles. The average molecular weight is 240 g/mol. The van der Waals surface area contributed by atoms with Gasteiger partial charge in [-0.3, -0.25) is 0 Å². The summed E-state index contributed by atoms with van der Waals surface area (Å²) in [6.45, 7) is 5.21. The van der Waals surface area contributed by atoms with E-state index in [9.17, 15) is 0 Å². The first-order valence-electron chi connectivity index (χ1n) is 6.10. The van der Waals surface area contributed by atoms with E-state index < -0.39 is 0 Å². The molecule has 3 nitrogen and oxygen atoms in total. The second kappa shape index (κ2) is 5.73. The molecular weight excluding hydrogens is 220 g/mol. The number of nitrogens with zero attached hydrogens (tertiary/aromatic N) is 1. The van der Waals surface area contributed by atoms with Gasteiger partial charge in [0.15, 0.2) is 0 Å². The SMILES string of the molecule is CCNC1CCCC(Sc2nc(C)co2)C1. The van der Waals surface area contributed by atoms with Crippen molar-refractivity contribution in [3.05, 3.63) is 12.0 Å². The van der Waals surface area contributed by atoms with Crippen LogP contribution in [0.5, 0.6) is 0 Å². The molecule has 4 heteroatoms. The maximum atomic E-state index is 5.39. The predicted molar refractivity (Wildman–Crippen MR) is 66.8 cm³/mol. The third-order valence-electron chi connectivity index (χ3n) is 2.98. The molecule has 1 saturated carbocycles. The van der Waals surface area contributed by atoms with Gasteiger partial charge >= 0.3 is 0 Å². The van der Waals surface area contributed by atoms with Crippen LogP contribution < -0.4 is 5.32 Å². The Morgan fingerprint density at radius 1 is 1.56 bits per heavy atom. The summed E-state index contributed by atoms with van der Waals surface area (Å²) in [5.41, 5.74) is 0.974. The summed E-state index contributed by atoms with van der Waals surface area (Å²) in [6.07, 6.45) is 6.88. The molecule has 1 aliphatic carbocycles. The normalized spacial score (nSPS) is 25.9. The second-order valence-electron chi connectivity index (χ2n) is 4.42. The van der Waals surface area contributed by atoms with Crippen molar-refractivity contribution in [1.82, 2.24) is 10.3 Å². The lowest BCUT2D eigenvalue weighted by Gasteiger charge is -2.28. The van der Waals surface area contributed by atoms with Crippen LogP contribution in [-0.2, 0) is 0 Å². The smallest absolute Gasteiger partial charge is 0.256 e. The molecule has 1 N–H and O–H groups in total. The van der Waals surface area contributed by atoms with Gasteiger partial charge in [-0.1, -0.05) is 25.1 Å². The van der Waals surface area contributed by atoms with Gasteiger partial charge in [0, 0.05) is 11.3 Å². The molecule has 0 aromatic carbocycles. The number of nitrogens with one attached hydrogen (secondary N) is 1. The topological polar surface area (TPSA) is 38.1 Å². The van der Waals surface area contributed by atoms with Crippen molar-refractivity contribution < 1.29 is 4.42 Å². The highest BCUT2D eigenvalue weighted by atomic mass is 32.2. The molecule has 2 rings (SSSR count). The molecule has 1 aromatic heterocycles. The molecule has 1 fully saturated rings. The third-order valence-corrected chi connectivity index (χ3v) is 4.13. The van der Waals surface area contributed by atoms with E-state index in [0.717, 1.165) is 17.5 Å². The van der Waals surface area contributed by atoms with E-state index in [1.54, 1.807) is 18.0 Å². The number of oxazole rings is 1. The van der Waals surface area contributed by atoms with Gasteiger partial charge < -0.3 is 9.73 Å². The molecule has 0 bridgehead atoms. The van der Waals surface area contributed by atoms with Crippen LogP contribution in [0.1, 0.15) is 38.3 Å². The number of hydrogen-bond acceptors (Lipinski definition) is 4. The lowest BCUT2D eigenvalue weighted by atomic mass is 9.95. The largest absolute Gasteiger partial charge is 0.440 e. The van der Waals surface area contributed by atoms with Crippen LogP contribution in [0, 0.1) is 6.92 Å². The minimum absolute atomic E-state index is 0.663.